The molecule has 106 valence electrons. The van der Waals surface area contributed by atoms with Gasteiger partial charge in [0.2, 0.25) is 0 Å². The van der Waals surface area contributed by atoms with Crippen LogP contribution in [0.1, 0.15) is 43.9 Å². The topological polar surface area (TPSA) is 64.3 Å². The van der Waals surface area contributed by atoms with E-state index >= 15 is 0 Å². The molecule has 0 amide bonds. The number of nitriles is 1. The second-order valence-electron chi connectivity index (χ2n) is 5.81. The van der Waals surface area contributed by atoms with E-state index < -0.39 is 11.4 Å². The Morgan fingerprint density at radius 3 is 2.35 bits per heavy atom. The Labute approximate surface area is 119 Å². The van der Waals surface area contributed by atoms with E-state index in [1.807, 2.05) is 31.2 Å². The largest absolute Gasteiger partial charge is 0.481 e. The molecule has 0 radical (unpaired) electrons. The summed E-state index contributed by atoms with van der Waals surface area (Å²) < 4.78 is 0. The Morgan fingerprint density at radius 2 is 1.90 bits per heavy atom. The van der Waals surface area contributed by atoms with Crippen LogP contribution in [0.15, 0.2) is 24.3 Å². The molecule has 1 aliphatic rings. The van der Waals surface area contributed by atoms with E-state index in [0.29, 0.717) is 18.4 Å². The van der Waals surface area contributed by atoms with Crippen molar-refractivity contribution in [1.82, 2.24) is 4.90 Å². The van der Waals surface area contributed by atoms with E-state index in [9.17, 15) is 9.90 Å². The van der Waals surface area contributed by atoms with Gasteiger partial charge < -0.3 is 5.11 Å². The molecular weight excluding hydrogens is 252 g/mol. The summed E-state index contributed by atoms with van der Waals surface area (Å²) in [6.45, 7) is 5.55. The molecule has 0 aromatic heterocycles. The summed E-state index contributed by atoms with van der Waals surface area (Å²) >= 11 is 0. The Kier molecular flexibility index (Phi) is 4.10. The summed E-state index contributed by atoms with van der Waals surface area (Å²) in [4.78, 5) is 13.6. The first kappa shape index (κ1) is 14.5. The Hall–Kier alpha value is -1.86. The maximum atomic E-state index is 11.2. The average molecular weight is 272 g/mol. The van der Waals surface area contributed by atoms with Gasteiger partial charge in [0, 0.05) is 6.04 Å². The molecule has 4 nitrogen and oxygen atoms in total. The summed E-state index contributed by atoms with van der Waals surface area (Å²) in [6.07, 6.45) is 1.37. The maximum absolute atomic E-state index is 11.2. The molecule has 0 saturated carbocycles. The first-order valence-corrected chi connectivity index (χ1v) is 6.94. The summed E-state index contributed by atoms with van der Waals surface area (Å²) in [6, 6.07) is 9.99. The molecule has 1 heterocycles. The number of aliphatic carboxylic acids is 1. The van der Waals surface area contributed by atoms with Crippen LogP contribution < -0.4 is 0 Å². The molecule has 1 fully saturated rings. The monoisotopic (exact) mass is 272 g/mol. The number of carboxylic acids is 1. The van der Waals surface area contributed by atoms with Crippen LogP contribution in [0.5, 0.6) is 0 Å². The molecule has 1 aromatic carbocycles. The van der Waals surface area contributed by atoms with Crippen LogP contribution in [0.25, 0.3) is 0 Å². The van der Waals surface area contributed by atoms with Crippen molar-refractivity contribution in [2.45, 2.75) is 32.7 Å². The van der Waals surface area contributed by atoms with Gasteiger partial charge in [0.25, 0.3) is 0 Å². The van der Waals surface area contributed by atoms with Crippen molar-refractivity contribution in [3.05, 3.63) is 35.4 Å². The van der Waals surface area contributed by atoms with Crippen LogP contribution in [0, 0.1) is 16.7 Å². The highest BCUT2D eigenvalue weighted by molar-refractivity contribution is 5.74. The molecule has 1 atom stereocenters. The van der Waals surface area contributed by atoms with Crippen molar-refractivity contribution in [3.8, 4) is 6.07 Å². The van der Waals surface area contributed by atoms with Gasteiger partial charge in [0.05, 0.1) is 17.0 Å². The van der Waals surface area contributed by atoms with Gasteiger partial charge in [-0.3, -0.25) is 9.69 Å². The van der Waals surface area contributed by atoms with Gasteiger partial charge >= 0.3 is 5.97 Å². The van der Waals surface area contributed by atoms with Crippen molar-refractivity contribution in [2.24, 2.45) is 5.41 Å². The number of likely N-dealkylation sites (tertiary alicyclic amines) is 1. The molecule has 0 spiro atoms. The number of hydrogen-bond acceptors (Lipinski definition) is 3. The zero-order chi connectivity index (χ0) is 14.8. The first-order valence-electron chi connectivity index (χ1n) is 6.94. The van der Waals surface area contributed by atoms with E-state index in [1.165, 1.54) is 5.56 Å². The fourth-order valence-electron chi connectivity index (χ4n) is 2.67. The minimum absolute atomic E-state index is 0.251. The first-order chi connectivity index (χ1) is 9.46. The van der Waals surface area contributed by atoms with Crippen LogP contribution in [-0.4, -0.2) is 29.1 Å². The summed E-state index contributed by atoms with van der Waals surface area (Å²) in [5.41, 5.74) is 1.25. The van der Waals surface area contributed by atoms with Crippen LogP contribution in [0.2, 0.25) is 0 Å². The van der Waals surface area contributed by atoms with Gasteiger partial charge in [-0.05, 0) is 57.5 Å². The van der Waals surface area contributed by atoms with E-state index in [0.717, 1.165) is 13.1 Å². The number of benzene rings is 1. The lowest BCUT2D eigenvalue weighted by Gasteiger charge is -2.39. The van der Waals surface area contributed by atoms with Crippen LogP contribution in [0.3, 0.4) is 0 Å². The predicted octanol–water partition coefficient (Wildman–Crippen LogP) is 2.81. The zero-order valence-electron chi connectivity index (χ0n) is 12.0. The summed E-state index contributed by atoms with van der Waals surface area (Å²) in [5.74, 6) is -0.692. The lowest BCUT2D eigenvalue weighted by atomic mass is 9.80. The predicted molar refractivity (Wildman–Crippen MR) is 76.1 cm³/mol. The van der Waals surface area contributed by atoms with E-state index in [1.54, 1.807) is 0 Å². The third kappa shape index (κ3) is 2.83. The van der Waals surface area contributed by atoms with Gasteiger partial charge in [0.1, 0.15) is 0 Å². The average Bonchev–Trinajstić information content (AvgIpc) is 2.47. The van der Waals surface area contributed by atoms with Crippen LogP contribution >= 0.6 is 0 Å². The van der Waals surface area contributed by atoms with Gasteiger partial charge in [-0.25, -0.2) is 0 Å². The van der Waals surface area contributed by atoms with Crippen molar-refractivity contribution in [2.75, 3.05) is 13.1 Å². The second-order valence-corrected chi connectivity index (χ2v) is 5.81. The van der Waals surface area contributed by atoms with Crippen molar-refractivity contribution < 1.29 is 9.90 Å². The molecule has 0 bridgehead atoms. The van der Waals surface area contributed by atoms with Crippen molar-refractivity contribution >= 4 is 5.97 Å². The van der Waals surface area contributed by atoms with Crippen LogP contribution in [0.4, 0.5) is 0 Å². The molecule has 1 aromatic rings. The third-order valence-corrected chi connectivity index (χ3v) is 4.49. The molecule has 20 heavy (non-hydrogen) atoms. The summed E-state index contributed by atoms with van der Waals surface area (Å²) in [7, 11) is 0. The number of nitrogens with zero attached hydrogens (tertiary/aromatic N) is 2. The Balaban J connectivity index is 2.03. The van der Waals surface area contributed by atoms with Gasteiger partial charge in [-0.2, -0.15) is 5.26 Å². The SMILES string of the molecule is CC(c1ccc(C#N)cc1)N1CCC(C)(C(=O)O)CC1. The molecule has 1 unspecified atom stereocenters. The zero-order valence-corrected chi connectivity index (χ0v) is 12.0. The Bertz CT molecular complexity index is 522. The third-order valence-electron chi connectivity index (χ3n) is 4.49. The lowest BCUT2D eigenvalue weighted by molar-refractivity contribution is -0.151. The van der Waals surface area contributed by atoms with Gasteiger partial charge in [0.15, 0.2) is 0 Å². The normalized spacial score (nSPS) is 20.1. The molecule has 4 heteroatoms. The minimum Gasteiger partial charge on any atom is -0.481 e. The van der Waals surface area contributed by atoms with Crippen LogP contribution in [-0.2, 0) is 4.79 Å². The number of carbonyl (C=O) groups is 1. The number of hydrogen-bond donors (Lipinski definition) is 1. The van der Waals surface area contributed by atoms with E-state index in [4.69, 9.17) is 5.26 Å². The second kappa shape index (κ2) is 5.64. The fraction of sp³-hybridized carbons (Fsp3) is 0.500. The lowest BCUT2D eigenvalue weighted by Crippen LogP contribution is -2.43. The highest BCUT2D eigenvalue weighted by Gasteiger charge is 2.37. The van der Waals surface area contributed by atoms with E-state index in [-0.39, 0.29) is 6.04 Å². The minimum atomic E-state index is -0.692. The van der Waals surface area contributed by atoms with Crippen molar-refractivity contribution in [3.63, 3.8) is 0 Å². The van der Waals surface area contributed by atoms with Gasteiger partial charge in [-0.1, -0.05) is 12.1 Å². The molecule has 2 rings (SSSR count). The number of carboxylic acid groups (broad SMARTS) is 1. The van der Waals surface area contributed by atoms with E-state index in [2.05, 4.69) is 17.9 Å². The number of rotatable bonds is 3. The van der Waals surface area contributed by atoms with Gasteiger partial charge in [-0.15, -0.1) is 0 Å². The molecule has 1 saturated heterocycles. The fourth-order valence-corrected chi connectivity index (χ4v) is 2.67. The smallest absolute Gasteiger partial charge is 0.309 e. The highest BCUT2D eigenvalue weighted by Crippen LogP contribution is 2.34. The molecule has 0 aliphatic carbocycles. The standard InChI is InChI=1S/C16H20N2O2/c1-12(14-5-3-13(11-17)4-6-14)18-9-7-16(2,8-10-18)15(19)20/h3-6,12H,7-10H2,1-2H3,(H,19,20). The molecule has 1 N–H and O–H groups in total. The van der Waals surface area contributed by atoms with Crippen molar-refractivity contribution in [1.29, 1.82) is 5.26 Å². The maximum Gasteiger partial charge on any atom is 0.309 e. The summed E-state index contributed by atoms with van der Waals surface area (Å²) in [5, 5.41) is 18.1. The highest BCUT2D eigenvalue weighted by atomic mass is 16.4. The Morgan fingerprint density at radius 1 is 1.35 bits per heavy atom. The quantitative estimate of drug-likeness (QED) is 0.919. The number of piperidine rings is 1. The molecule has 1 aliphatic heterocycles. The molecular formula is C16H20N2O2.